The molecule has 1 atom stereocenters. The molecule has 0 fully saturated rings. The molecule has 0 aliphatic heterocycles. The van der Waals surface area contributed by atoms with Gasteiger partial charge in [0.05, 0.1) is 23.1 Å². The lowest BCUT2D eigenvalue weighted by atomic mass is 10.1. The number of halogens is 1. The lowest BCUT2D eigenvalue weighted by Gasteiger charge is -2.07. The van der Waals surface area contributed by atoms with Crippen LogP contribution in [0.3, 0.4) is 0 Å². The summed E-state index contributed by atoms with van der Waals surface area (Å²) in [6.45, 7) is 0. The summed E-state index contributed by atoms with van der Waals surface area (Å²) >= 11 is 5.71. The largest absolute Gasteiger partial charge is 0.480 e. The van der Waals surface area contributed by atoms with E-state index in [-0.39, 0.29) is 11.6 Å². The first kappa shape index (κ1) is 16.0. The predicted molar refractivity (Wildman–Crippen MR) is 91.3 cm³/mol. The van der Waals surface area contributed by atoms with Crippen LogP contribution < -0.4 is 5.32 Å². The van der Waals surface area contributed by atoms with Crippen molar-refractivity contribution in [1.29, 1.82) is 0 Å². The van der Waals surface area contributed by atoms with E-state index in [9.17, 15) is 9.59 Å². The lowest BCUT2D eigenvalue weighted by molar-refractivity contribution is -0.136. The van der Waals surface area contributed by atoms with Crippen molar-refractivity contribution in [3.05, 3.63) is 60.0 Å². The molecule has 0 radical (unpaired) electrons. The number of aryl methyl sites for hydroxylation is 1. The number of aliphatic carboxylic acids is 1. The monoisotopic (exact) mass is 343 g/mol. The summed E-state index contributed by atoms with van der Waals surface area (Å²) in [7, 11) is 1.88. The molecule has 1 unspecified atom stereocenters. The zero-order valence-corrected chi connectivity index (χ0v) is 13.5. The number of carboxylic acid groups (broad SMARTS) is 1. The Labute approximate surface area is 142 Å². The number of hydrogen-bond donors (Lipinski definition) is 2. The number of para-hydroxylation sites is 1. The molecule has 122 valence electrons. The summed E-state index contributed by atoms with van der Waals surface area (Å²) in [5, 5.41) is 11.3. The zero-order chi connectivity index (χ0) is 17.3. The zero-order valence-electron chi connectivity index (χ0n) is 12.7. The van der Waals surface area contributed by atoms with Gasteiger partial charge < -0.3 is 15.0 Å². The third-order valence-corrected chi connectivity index (χ3v) is 4.07. The highest BCUT2D eigenvalue weighted by Crippen LogP contribution is 2.23. The molecule has 6 nitrogen and oxygen atoms in total. The second-order valence-electron chi connectivity index (χ2n) is 5.30. The van der Waals surface area contributed by atoms with Crippen LogP contribution in [0.1, 0.15) is 21.4 Å². The normalized spacial score (nSPS) is 12.1. The van der Waals surface area contributed by atoms with Crippen molar-refractivity contribution in [2.24, 2.45) is 7.05 Å². The fourth-order valence-corrected chi connectivity index (χ4v) is 2.61. The van der Waals surface area contributed by atoms with E-state index < -0.39 is 11.3 Å². The molecule has 2 aromatic heterocycles. The van der Waals surface area contributed by atoms with E-state index in [1.807, 2.05) is 35.9 Å². The van der Waals surface area contributed by atoms with Crippen LogP contribution in [0.4, 0.5) is 5.69 Å². The average Bonchev–Trinajstić information content (AvgIpc) is 2.92. The Morgan fingerprint density at radius 1 is 1.25 bits per heavy atom. The lowest BCUT2D eigenvalue weighted by Crippen LogP contribution is -2.12. The second kappa shape index (κ2) is 6.33. The van der Waals surface area contributed by atoms with Crippen LogP contribution in [-0.2, 0) is 11.8 Å². The van der Waals surface area contributed by atoms with Crippen LogP contribution >= 0.6 is 11.6 Å². The van der Waals surface area contributed by atoms with Crippen LogP contribution in [0.5, 0.6) is 0 Å². The summed E-state index contributed by atoms with van der Waals surface area (Å²) in [5.41, 5.74) is 2.19. The minimum atomic E-state index is -1.21. The summed E-state index contributed by atoms with van der Waals surface area (Å²) in [4.78, 5) is 27.3. The first-order valence-electron chi connectivity index (χ1n) is 7.15. The number of aromatic nitrogens is 2. The van der Waals surface area contributed by atoms with Gasteiger partial charge in [-0.1, -0.05) is 18.2 Å². The van der Waals surface area contributed by atoms with Crippen LogP contribution in [0, 0.1) is 0 Å². The van der Waals surface area contributed by atoms with Crippen LogP contribution in [-0.4, -0.2) is 26.5 Å². The minimum Gasteiger partial charge on any atom is -0.480 e. The van der Waals surface area contributed by atoms with Crippen LogP contribution in [0.15, 0.2) is 48.8 Å². The summed E-state index contributed by atoms with van der Waals surface area (Å²) in [6, 6.07) is 10.7. The molecule has 0 aliphatic carbocycles. The van der Waals surface area contributed by atoms with E-state index in [1.165, 1.54) is 12.3 Å². The quantitative estimate of drug-likeness (QED) is 0.712. The number of benzene rings is 1. The van der Waals surface area contributed by atoms with Gasteiger partial charge in [-0.2, -0.15) is 0 Å². The Morgan fingerprint density at radius 3 is 2.67 bits per heavy atom. The molecular weight excluding hydrogens is 330 g/mol. The van der Waals surface area contributed by atoms with Crippen molar-refractivity contribution < 1.29 is 14.7 Å². The number of carbonyl (C=O) groups is 2. The SMILES string of the molecule is Cn1cc(C(=O)Nc2ccc(C(Cl)C(=O)O)nc2)c2ccccc21. The van der Waals surface area contributed by atoms with Crippen LogP contribution in [0.25, 0.3) is 10.9 Å². The van der Waals surface area contributed by atoms with Crippen molar-refractivity contribution in [3.8, 4) is 0 Å². The van der Waals surface area contributed by atoms with Gasteiger partial charge in [0.1, 0.15) is 0 Å². The Kier molecular flexibility index (Phi) is 4.22. The number of carboxylic acids is 1. The fraction of sp³-hybridized carbons (Fsp3) is 0.118. The highest BCUT2D eigenvalue weighted by Gasteiger charge is 2.18. The van der Waals surface area contributed by atoms with Gasteiger partial charge in [-0.25, -0.2) is 0 Å². The third kappa shape index (κ3) is 2.96. The van der Waals surface area contributed by atoms with Gasteiger partial charge in [0.2, 0.25) is 0 Å². The Balaban J connectivity index is 1.83. The number of hydrogen-bond acceptors (Lipinski definition) is 3. The van der Waals surface area contributed by atoms with Gasteiger partial charge in [0, 0.05) is 24.1 Å². The number of pyridine rings is 1. The summed E-state index contributed by atoms with van der Waals surface area (Å²) in [6.07, 6.45) is 3.15. The summed E-state index contributed by atoms with van der Waals surface area (Å²) < 4.78 is 1.89. The van der Waals surface area contributed by atoms with Crippen molar-refractivity contribution in [2.75, 3.05) is 5.32 Å². The van der Waals surface area contributed by atoms with E-state index in [4.69, 9.17) is 16.7 Å². The molecule has 7 heteroatoms. The van der Waals surface area contributed by atoms with Crippen molar-refractivity contribution in [3.63, 3.8) is 0 Å². The van der Waals surface area contributed by atoms with E-state index in [0.717, 1.165) is 10.9 Å². The molecule has 0 bridgehead atoms. The van der Waals surface area contributed by atoms with Crippen molar-refractivity contribution >= 4 is 40.1 Å². The smallest absolute Gasteiger partial charge is 0.327 e. The molecule has 0 saturated carbocycles. The van der Waals surface area contributed by atoms with E-state index in [1.54, 1.807) is 12.3 Å². The Morgan fingerprint density at radius 2 is 2.00 bits per heavy atom. The molecule has 0 spiro atoms. The fourth-order valence-electron chi connectivity index (χ4n) is 2.48. The number of fused-ring (bicyclic) bond motifs is 1. The number of amides is 1. The maximum atomic E-state index is 12.5. The van der Waals surface area contributed by atoms with Gasteiger partial charge in [-0.3, -0.25) is 14.6 Å². The number of carbonyl (C=O) groups excluding carboxylic acids is 1. The molecule has 2 heterocycles. The molecule has 0 saturated heterocycles. The van der Waals surface area contributed by atoms with Crippen molar-refractivity contribution in [1.82, 2.24) is 9.55 Å². The van der Waals surface area contributed by atoms with Gasteiger partial charge in [-0.05, 0) is 18.2 Å². The molecule has 0 aliphatic rings. The maximum absolute atomic E-state index is 12.5. The average molecular weight is 344 g/mol. The number of rotatable bonds is 4. The highest BCUT2D eigenvalue weighted by molar-refractivity contribution is 6.29. The molecule has 1 amide bonds. The Bertz CT molecular complexity index is 918. The number of anilines is 1. The number of alkyl halides is 1. The summed E-state index contributed by atoms with van der Waals surface area (Å²) in [5.74, 6) is -1.43. The highest BCUT2D eigenvalue weighted by atomic mass is 35.5. The van der Waals surface area contributed by atoms with E-state index >= 15 is 0 Å². The van der Waals surface area contributed by atoms with E-state index in [0.29, 0.717) is 11.3 Å². The predicted octanol–water partition coefficient (Wildman–Crippen LogP) is 3.19. The molecule has 2 N–H and O–H groups in total. The van der Waals surface area contributed by atoms with Gasteiger partial charge in [-0.15, -0.1) is 11.6 Å². The standard InChI is InChI=1S/C17H14ClN3O3/c1-21-9-12(11-4-2-3-5-14(11)21)16(22)20-10-6-7-13(19-8-10)15(18)17(23)24/h2-9,15H,1H3,(H,20,22)(H,23,24). The van der Waals surface area contributed by atoms with Crippen LogP contribution in [0.2, 0.25) is 0 Å². The van der Waals surface area contributed by atoms with Gasteiger partial charge in [0.15, 0.2) is 5.38 Å². The van der Waals surface area contributed by atoms with Gasteiger partial charge >= 0.3 is 5.97 Å². The molecule has 24 heavy (non-hydrogen) atoms. The number of nitrogens with zero attached hydrogens (tertiary/aromatic N) is 2. The third-order valence-electron chi connectivity index (χ3n) is 3.66. The topological polar surface area (TPSA) is 84.2 Å². The second-order valence-corrected chi connectivity index (χ2v) is 5.73. The molecule has 3 rings (SSSR count). The first-order valence-corrected chi connectivity index (χ1v) is 7.59. The maximum Gasteiger partial charge on any atom is 0.327 e. The van der Waals surface area contributed by atoms with E-state index in [2.05, 4.69) is 10.3 Å². The minimum absolute atomic E-state index is 0.215. The van der Waals surface area contributed by atoms with Gasteiger partial charge in [0.25, 0.3) is 5.91 Å². The Hall–Kier alpha value is -2.86. The first-order chi connectivity index (χ1) is 11.5. The van der Waals surface area contributed by atoms with Crippen molar-refractivity contribution in [2.45, 2.75) is 5.38 Å². The molecule has 3 aromatic rings. The number of nitrogens with one attached hydrogen (secondary N) is 1. The molecular formula is C17H14ClN3O3. The molecule has 1 aromatic carbocycles.